The monoisotopic (exact) mass is 317 g/mol. The predicted octanol–water partition coefficient (Wildman–Crippen LogP) is 1.04. The number of nitrogens with zero attached hydrogens (tertiary/aromatic N) is 3. The highest BCUT2D eigenvalue weighted by molar-refractivity contribution is 5.94. The van der Waals surface area contributed by atoms with E-state index in [1.807, 2.05) is 9.80 Å². The largest absolute Gasteiger partial charge is 0.384 e. The van der Waals surface area contributed by atoms with Crippen LogP contribution in [0.2, 0.25) is 0 Å². The second kappa shape index (κ2) is 6.28. The third-order valence-electron chi connectivity index (χ3n) is 5.21. The molecule has 0 saturated carbocycles. The van der Waals surface area contributed by atoms with Gasteiger partial charge in [0.15, 0.2) is 0 Å². The molecule has 2 amide bonds. The number of methoxy groups -OCH3 is 1. The Hall–Kier alpha value is -1.95. The topological polar surface area (TPSA) is 62.7 Å². The van der Waals surface area contributed by atoms with Gasteiger partial charge in [0.2, 0.25) is 5.91 Å². The number of aromatic nitrogens is 1. The minimum Gasteiger partial charge on any atom is -0.384 e. The number of ether oxygens (including phenoxy) is 1. The van der Waals surface area contributed by atoms with Crippen LogP contribution in [0, 0.1) is 11.3 Å². The summed E-state index contributed by atoms with van der Waals surface area (Å²) in [5, 5.41) is 0. The zero-order chi connectivity index (χ0) is 16.4. The fraction of sp³-hybridized carbons (Fsp3) is 0.588. The van der Waals surface area contributed by atoms with Gasteiger partial charge in [-0.2, -0.15) is 0 Å². The number of carbonyl (C=O) groups excluding carboxylic acids is 2. The molecule has 6 nitrogen and oxygen atoms in total. The lowest BCUT2D eigenvalue weighted by atomic mass is 9.73. The van der Waals surface area contributed by atoms with Crippen molar-refractivity contribution in [3.05, 3.63) is 30.1 Å². The van der Waals surface area contributed by atoms with Crippen LogP contribution < -0.4 is 0 Å². The smallest absolute Gasteiger partial charge is 0.255 e. The molecule has 1 aromatic rings. The Morgan fingerprint density at radius 1 is 1.39 bits per heavy atom. The lowest BCUT2D eigenvalue weighted by molar-refractivity contribution is -0.128. The number of pyridine rings is 1. The van der Waals surface area contributed by atoms with Crippen molar-refractivity contribution in [3.8, 4) is 0 Å². The van der Waals surface area contributed by atoms with Crippen molar-refractivity contribution in [2.24, 2.45) is 11.3 Å². The van der Waals surface area contributed by atoms with E-state index >= 15 is 0 Å². The number of fused-ring (bicyclic) bond motifs is 1. The molecule has 2 aliphatic rings. The molecule has 2 aliphatic heterocycles. The summed E-state index contributed by atoms with van der Waals surface area (Å²) in [4.78, 5) is 32.2. The molecule has 0 radical (unpaired) electrons. The van der Waals surface area contributed by atoms with Crippen LogP contribution in [-0.4, -0.2) is 66.5 Å². The van der Waals surface area contributed by atoms with E-state index in [1.165, 1.54) is 0 Å². The van der Waals surface area contributed by atoms with Gasteiger partial charge in [0, 0.05) is 63.9 Å². The van der Waals surface area contributed by atoms with Crippen LogP contribution in [0.15, 0.2) is 24.5 Å². The maximum absolute atomic E-state index is 12.6. The summed E-state index contributed by atoms with van der Waals surface area (Å²) in [7, 11) is 1.70. The molecule has 3 rings (SSSR count). The second-order valence-corrected chi connectivity index (χ2v) is 6.63. The SMILES string of the molecule is COC[C@@]12CCN(C(=O)c3cccnc3)C[C@@H]1CN(C(C)=O)C2. The molecule has 2 atom stereocenters. The van der Waals surface area contributed by atoms with Crippen molar-refractivity contribution in [2.45, 2.75) is 13.3 Å². The number of hydrogen-bond acceptors (Lipinski definition) is 4. The van der Waals surface area contributed by atoms with Gasteiger partial charge in [0.1, 0.15) is 0 Å². The Bertz CT molecular complexity index is 592. The lowest BCUT2D eigenvalue weighted by Gasteiger charge is -2.42. The second-order valence-electron chi connectivity index (χ2n) is 6.63. The molecule has 0 bridgehead atoms. The van der Waals surface area contributed by atoms with E-state index in [-0.39, 0.29) is 23.1 Å². The molecule has 0 aromatic carbocycles. The Kier molecular flexibility index (Phi) is 4.35. The summed E-state index contributed by atoms with van der Waals surface area (Å²) < 4.78 is 5.44. The summed E-state index contributed by atoms with van der Waals surface area (Å²) in [6.45, 7) is 5.04. The van der Waals surface area contributed by atoms with E-state index in [2.05, 4.69) is 4.98 Å². The van der Waals surface area contributed by atoms with E-state index in [4.69, 9.17) is 4.74 Å². The summed E-state index contributed by atoms with van der Waals surface area (Å²) in [6.07, 6.45) is 4.13. The highest BCUT2D eigenvalue weighted by Gasteiger charge is 2.50. The zero-order valence-electron chi connectivity index (χ0n) is 13.7. The first-order chi connectivity index (χ1) is 11.1. The average molecular weight is 317 g/mol. The number of hydrogen-bond donors (Lipinski definition) is 0. The van der Waals surface area contributed by atoms with E-state index in [0.29, 0.717) is 31.8 Å². The predicted molar refractivity (Wildman–Crippen MR) is 84.8 cm³/mol. The van der Waals surface area contributed by atoms with E-state index < -0.39 is 0 Å². The maximum Gasteiger partial charge on any atom is 0.255 e. The average Bonchev–Trinajstić information content (AvgIpc) is 2.94. The van der Waals surface area contributed by atoms with Crippen molar-refractivity contribution in [2.75, 3.05) is 39.9 Å². The van der Waals surface area contributed by atoms with Crippen molar-refractivity contribution in [1.29, 1.82) is 0 Å². The van der Waals surface area contributed by atoms with Gasteiger partial charge in [0.25, 0.3) is 5.91 Å². The van der Waals surface area contributed by atoms with E-state index in [0.717, 1.165) is 13.0 Å². The molecule has 2 saturated heterocycles. The third-order valence-corrected chi connectivity index (χ3v) is 5.21. The van der Waals surface area contributed by atoms with Crippen molar-refractivity contribution >= 4 is 11.8 Å². The van der Waals surface area contributed by atoms with Crippen molar-refractivity contribution in [3.63, 3.8) is 0 Å². The number of piperidine rings is 1. The van der Waals surface area contributed by atoms with Crippen LogP contribution in [0.5, 0.6) is 0 Å². The van der Waals surface area contributed by atoms with Crippen LogP contribution >= 0.6 is 0 Å². The van der Waals surface area contributed by atoms with Gasteiger partial charge in [-0.1, -0.05) is 0 Å². The number of amides is 2. The molecule has 6 heteroatoms. The Morgan fingerprint density at radius 3 is 2.83 bits per heavy atom. The lowest BCUT2D eigenvalue weighted by Crippen LogP contribution is -2.50. The van der Waals surface area contributed by atoms with E-state index in [9.17, 15) is 9.59 Å². The van der Waals surface area contributed by atoms with Crippen molar-refractivity contribution < 1.29 is 14.3 Å². The van der Waals surface area contributed by atoms with Gasteiger partial charge in [-0.3, -0.25) is 14.6 Å². The van der Waals surface area contributed by atoms with Gasteiger partial charge < -0.3 is 14.5 Å². The first-order valence-corrected chi connectivity index (χ1v) is 7.99. The third kappa shape index (κ3) is 2.95. The highest BCUT2D eigenvalue weighted by atomic mass is 16.5. The Balaban J connectivity index is 1.76. The van der Waals surface area contributed by atoms with Gasteiger partial charge in [-0.05, 0) is 18.6 Å². The molecule has 0 N–H and O–H groups in total. The normalized spacial score (nSPS) is 27.0. The Morgan fingerprint density at radius 2 is 2.17 bits per heavy atom. The minimum absolute atomic E-state index is 0.0189. The van der Waals surface area contributed by atoms with Crippen molar-refractivity contribution in [1.82, 2.24) is 14.8 Å². The van der Waals surface area contributed by atoms with Crippen LogP contribution in [0.3, 0.4) is 0 Å². The van der Waals surface area contributed by atoms with Crippen LogP contribution in [0.1, 0.15) is 23.7 Å². The van der Waals surface area contributed by atoms with Crippen LogP contribution in [0.25, 0.3) is 0 Å². The first-order valence-electron chi connectivity index (χ1n) is 7.99. The summed E-state index contributed by atoms with van der Waals surface area (Å²) in [5.41, 5.74) is 0.597. The number of rotatable bonds is 3. The molecule has 3 heterocycles. The summed E-state index contributed by atoms with van der Waals surface area (Å²) in [6, 6.07) is 3.57. The first kappa shape index (κ1) is 15.9. The van der Waals surface area contributed by atoms with Gasteiger partial charge >= 0.3 is 0 Å². The summed E-state index contributed by atoms with van der Waals surface area (Å²) >= 11 is 0. The molecule has 2 fully saturated rings. The fourth-order valence-electron chi connectivity index (χ4n) is 3.90. The molecule has 0 spiro atoms. The van der Waals surface area contributed by atoms with Gasteiger partial charge in [-0.15, -0.1) is 0 Å². The molecular weight excluding hydrogens is 294 g/mol. The number of carbonyl (C=O) groups is 2. The van der Waals surface area contributed by atoms with Gasteiger partial charge in [0.05, 0.1) is 12.2 Å². The minimum atomic E-state index is -0.0217. The maximum atomic E-state index is 12.6. The molecular formula is C17H23N3O3. The molecule has 23 heavy (non-hydrogen) atoms. The zero-order valence-corrected chi connectivity index (χ0v) is 13.7. The van der Waals surface area contributed by atoms with E-state index in [1.54, 1.807) is 38.6 Å². The number of likely N-dealkylation sites (tertiary alicyclic amines) is 2. The Labute approximate surface area is 136 Å². The summed E-state index contributed by atoms with van der Waals surface area (Å²) in [5.74, 6) is 0.381. The molecule has 0 unspecified atom stereocenters. The van der Waals surface area contributed by atoms with Crippen LogP contribution in [0.4, 0.5) is 0 Å². The standard InChI is InChI=1S/C17H23N3O3/c1-13(21)20-10-15-9-19(7-5-17(15,11-20)12-23-2)16(22)14-4-3-6-18-8-14/h3-4,6,8,15H,5,7,9-12H2,1-2H3/t15-,17+/m1/s1. The fourth-order valence-corrected chi connectivity index (χ4v) is 3.90. The van der Waals surface area contributed by atoms with Crippen LogP contribution in [-0.2, 0) is 9.53 Å². The van der Waals surface area contributed by atoms with Gasteiger partial charge in [-0.25, -0.2) is 0 Å². The quantitative estimate of drug-likeness (QED) is 0.835. The molecule has 1 aromatic heterocycles. The molecule has 0 aliphatic carbocycles. The molecule has 124 valence electrons. The highest BCUT2D eigenvalue weighted by Crippen LogP contribution is 2.43.